The highest BCUT2D eigenvalue weighted by atomic mass is 32.1. The minimum atomic E-state index is -0.760. The summed E-state index contributed by atoms with van der Waals surface area (Å²) in [5, 5.41) is 19.5. The van der Waals surface area contributed by atoms with Crippen molar-refractivity contribution in [1.82, 2.24) is 15.2 Å². The van der Waals surface area contributed by atoms with Crippen LogP contribution in [0.15, 0.2) is 24.3 Å². The average molecular weight is 280 g/mol. The standard InChI is InChI=1S/C12H16N4O2S/c1-2-18-9-5-3-4-8(6-9)13-7-10(17)11-14-12(19)16-15-11/h3-6,10,13,17H,2,7H2,1H3,(H2,14,15,16,19). The Morgan fingerprint density at radius 3 is 3.05 bits per heavy atom. The third-order valence-corrected chi connectivity index (χ3v) is 2.67. The molecule has 0 saturated carbocycles. The molecule has 1 aromatic heterocycles. The molecule has 1 heterocycles. The summed E-state index contributed by atoms with van der Waals surface area (Å²) < 4.78 is 5.80. The van der Waals surface area contributed by atoms with E-state index in [-0.39, 0.29) is 0 Å². The zero-order chi connectivity index (χ0) is 13.7. The normalized spacial score (nSPS) is 12.1. The summed E-state index contributed by atoms with van der Waals surface area (Å²) in [6.45, 7) is 2.88. The van der Waals surface area contributed by atoms with Gasteiger partial charge in [-0.1, -0.05) is 6.07 Å². The van der Waals surface area contributed by atoms with Crippen LogP contribution in [0.1, 0.15) is 18.9 Å². The van der Waals surface area contributed by atoms with Crippen LogP contribution in [0, 0.1) is 4.77 Å². The van der Waals surface area contributed by atoms with E-state index < -0.39 is 6.10 Å². The number of aromatic nitrogens is 3. The highest BCUT2D eigenvalue weighted by Crippen LogP contribution is 2.18. The van der Waals surface area contributed by atoms with E-state index in [0.29, 0.717) is 23.7 Å². The lowest BCUT2D eigenvalue weighted by molar-refractivity contribution is 0.182. The summed E-state index contributed by atoms with van der Waals surface area (Å²) in [7, 11) is 0. The number of hydrogen-bond acceptors (Lipinski definition) is 5. The monoisotopic (exact) mass is 280 g/mol. The summed E-state index contributed by atoms with van der Waals surface area (Å²) >= 11 is 4.85. The first-order valence-corrected chi connectivity index (χ1v) is 6.39. The van der Waals surface area contributed by atoms with Gasteiger partial charge in [-0.05, 0) is 31.3 Å². The molecule has 0 aliphatic heterocycles. The van der Waals surface area contributed by atoms with Crippen molar-refractivity contribution >= 4 is 17.9 Å². The Bertz CT molecular complexity index is 581. The fourth-order valence-electron chi connectivity index (χ4n) is 1.61. The summed E-state index contributed by atoms with van der Waals surface area (Å²) in [4.78, 5) is 2.78. The maximum atomic E-state index is 9.91. The quantitative estimate of drug-likeness (QED) is 0.608. The Balaban J connectivity index is 1.94. The molecule has 0 saturated heterocycles. The van der Waals surface area contributed by atoms with Crippen molar-refractivity contribution in [3.05, 3.63) is 34.9 Å². The molecular formula is C12H16N4O2S. The van der Waals surface area contributed by atoms with Gasteiger partial charge in [0.25, 0.3) is 0 Å². The number of hydrogen-bond donors (Lipinski definition) is 4. The van der Waals surface area contributed by atoms with Gasteiger partial charge in [-0.3, -0.25) is 5.10 Å². The molecule has 1 aromatic carbocycles. The van der Waals surface area contributed by atoms with Crippen molar-refractivity contribution in [2.75, 3.05) is 18.5 Å². The van der Waals surface area contributed by atoms with Gasteiger partial charge < -0.3 is 20.1 Å². The predicted octanol–water partition coefficient (Wildman–Crippen LogP) is 2.01. The second-order valence-corrected chi connectivity index (χ2v) is 4.33. The van der Waals surface area contributed by atoms with Crippen LogP contribution < -0.4 is 10.1 Å². The maximum Gasteiger partial charge on any atom is 0.192 e. The van der Waals surface area contributed by atoms with E-state index in [1.165, 1.54) is 0 Å². The number of aliphatic hydroxyl groups excluding tert-OH is 1. The highest BCUT2D eigenvalue weighted by molar-refractivity contribution is 7.71. The van der Waals surface area contributed by atoms with Crippen molar-refractivity contribution in [2.24, 2.45) is 0 Å². The van der Waals surface area contributed by atoms with Gasteiger partial charge in [0.05, 0.1) is 6.61 Å². The SMILES string of the molecule is CCOc1cccc(NCC(O)c2n[nH]c(=S)[nH]2)c1. The molecular weight excluding hydrogens is 264 g/mol. The van der Waals surface area contributed by atoms with Gasteiger partial charge in [0.2, 0.25) is 0 Å². The Labute approximate surface area is 115 Å². The second kappa shape index (κ2) is 6.35. The van der Waals surface area contributed by atoms with Gasteiger partial charge in [0.15, 0.2) is 10.6 Å². The van der Waals surface area contributed by atoms with Crippen LogP contribution in [0.4, 0.5) is 5.69 Å². The molecule has 0 bridgehead atoms. The van der Waals surface area contributed by atoms with Gasteiger partial charge in [-0.2, -0.15) is 5.10 Å². The number of aromatic amines is 2. The summed E-state index contributed by atoms with van der Waals surface area (Å²) in [6, 6.07) is 7.56. The molecule has 1 unspecified atom stereocenters. The van der Waals surface area contributed by atoms with Crippen LogP contribution in [-0.4, -0.2) is 33.4 Å². The van der Waals surface area contributed by atoms with Crippen LogP contribution >= 0.6 is 12.2 Å². The van der Waals surface area contributed by atoms with Gasteiger partial charge in [0.1, 0.15) is 11.9 Å². The minimum Gasteiger partial charge on any atom is -0.494 e. The molecule has 6 nitrogen and oxygen atoms in total. The van der Waals surface area contributed by atoms with Crippen molar-refractivity contribution in [3.8, 4) is 5.75 Å². The molecule has 102 valence electrons. The molecule has 0 aliphatic rings. The topological polar surface area (TPSA) is 86.0 Å². The number of anilines is 1. The van der Waals surface area contributed by atoms with Crippen LogP contribution in [0.25, 0.3) is 0 Å². The van der Waals surface area contributed by atoms with E-state index >= 15 is 0 Å². The van der Waals surface area contributed by atoms with Crippen LogP contribution in [0.2, 0.25) is 0 Å². The Morgan fingerprint density at radius 1 is 1.53 bits per heavy atom. The zero-order valence-corrected chi connectivity index (χ0v) is 11.3. The fraction of sp³-hybridized carbons (Fsp3) is 0.333. The van der Waals surface area contributed by atoms with Crippen molar-refractivity contribution < 1.29 is 9.84 Å². The van der Waals surface area contributed by atoms with Crippen LogP contribution in [0.3, 0.4) is 0 Å². The third kappa shape index (κ3) is 3.80. The average Bonchev–Trinajstić information content (AvgIpc) is 2.84. The Morgan fingerprint density at radius 2 is 2.37 bits per heavy atom. The van der Waals surface area contributed by atoms with E-state index in [9.17, 15) is 5.11 Å². The number of aliphatic hydroxyl groups is 1. The van der Waals surface area contributed by atoms with Gasteiger partial charge >= 0.3 is 0 Å². The Hall–Kier alpha value is -1.86. The number of nitrogens with zero attached hydrogens (tertiary/aromatic N) is 1. The van der Waals surface area contributed by atoms with E-state index in [0.717, 1.165) is 11.4 Å². The molecule has 0 spiro atoms. The smallest absolute Gasteiger partial charge is 0.192 e. The fourth-order valence-corrected chi connectivity index (χ4v) is 1.76. The largest absolute Gasteiger partial charge is 0.494 e. The molecule has 0 amide bonds. The third-order valence-electron chi connectivity index (χ3n) is 2.48. The lowest BCUT2D eigenvalue weighted by Gasteiger charge is -2.11. The highest BCUT2D eigenvalue weighted by Gasteiger charge is 2.10. The zero-order valence-electron chi connectivity index (χ0n) is 10.5. The maximum absolute atomic E-state index is 9.91. The first-order chi connectivity index (χ1) is 9.19. The summed E-state index contributed by atoms with van der Waals surface area (Å²) in [5.74, 6) is 1.21. The second-order valence-electron chi connectivity index (χ2n) is 3.92. The number of benzene rings is 1. The van der Waals surface area contributed by atoms with Crippen molar-refractivity contribution in [2.45, 2.75) is 13.0 Å². The molecule has 4 N–H and O–H groups in total. The van der Waals surface area contributed by atoms with Crippen molar-refractivity contribution in [3.63, 3.8) is 0 Å². The molecule has 2 aromatic rings. The molecule has 7 heteroatoms. The molecule has 1 atom stereocenters. The van der Waals surface area contributed by atoms with Crippen LogP contribution in [-0.2, 0) is 0 Å². The van der Waals surface area contributed by atoms with E-state index in [2.05, 4.69) is 20.5 Å². The van der Waals surface area contributed by atoms with E-state index in [4.69, 9.17) is 17.0 Å². The van der Waals surface area contributed by atoms with Gasteiger partial charge in [0, 0.05) is 18.3 Å². The minimum absolute atomic E-state index is 0.325. The number of rotatable bonds is 6. The lowest BCUT2D eigenvalue weighted by atomic mass is 10.2. The van der Waals surface area contributed by atoms with E-state index in [1.807, 2.05) is 31.2 Å². The van der Waals surface area contributed by atoms with Gasteiger partial charge in [-0.15, -0.1) is 0 Å². The van der Waals surface area contributed by atoms with Gasteiger partial charge in [-0.25, -0.2) is 0 Å². The van der Waals surface area contributed by atoms with E-state index in [1.54, 1.807) is 0 Å². The molecule has 2 rings (SSSR count). The number of nitrogens with one attached hydrogen (secondary N) is 3. The molecule has 0 radical (unpaired) electrons. The molecule has 0 aliphatic carbocycles. The predicted molar refractivity (Wildman–Crippen MR) is 74.8 cm³/mol. The molecule has 19 heavy (non-hydrogen) atoms. The van der Waals surface area contributed by atoms with Crippen molar-refractivity contribution in [1.29, 1.82) is 0 Å². The lowest BCUT2D eigenvalue weighted by Crippen LogP contribution is -2.13. The first-order valence-electron chi connectivity index (χ1n) is 5.98. The summed E-state index contributed by atoms with van der Waals surface area (Å²) in [6.07, 6.45) is -0.760. The van der Waals surface area contributed by atoms with Crippen LogP contribution in [0.5, 0.6) is 5.75 Å². The molecule has 0 fully saturated rings. The number of ether oxygens (including phenoxy) is 1. The summed E-state index contributed by atoms with van der Waals surface area (Å²) in [5.41, 5.74) is 0.874. The Kier molecular flexibility index (Phi) is 4.53. The number of H-pyrrole nitrogens is 2. The first kappa shape index (κ1) is 13.6.